The van der Waals surface area contributed by atoms with Crippen molar-refractivity contribution in [1.82, 2.24) is 9.62 Å². The van der Waals surface area contributed by atoms with E-state index in [4.69, 9.17) is 9.47 Å². The van der Waals surface area contributed by atoms with Crippen LogP contribution in [0.5, 0.6) is 11.5 Å². The Morgan fingerprint density at radius 3 is 2.39 bits per heavy atom. The molecule has 0 aliphatic carbocycles. The molecule has 1 fully saturated rings. The maximum atomic E-state index is 13.1. The molecule has 0 aromatic heterocycles. The fourth-order valence-electron chi connectivity index (χ4n) is 3.86. The number of halogens is 1. The predicted molar refractivity (Wildman–Crippen MR) is 112 cm³/mol. The lowest BCUT2D eigenvalue weighted by atomic mass is 9.96. The number of nitrogens with zero attached hydrogens (tertiary/aromatic N) is 1. The van der Waals surface area contributed by atoms with Crippen LogP contribution in [0.4, 0.5) is 4.39 Å². The van der Waals surface area contributed by atoms with Gasteiger partial charge < -0.3 is 14.8 Å². The van der Waals surface area contributed by atoms with Gasteiger partial charge in [0.2, 0.25) is 15.9 Å². The lowest BCUT2D eigenvalue weighted by Gasteiger charge is -2.31. The van der Waals surface area contributed by atoms with Gasteiger partial charge in [-0.25, -0.2) is 12.8 Å². The first-order chi connectivity index (χ1) is 14.8. The summed E-state index contributed by atoms with van der Waals surface area (Å²) in [6, 6.07) is 10.4. The normalized spacial score (nSPS) is 18.4. The quantitative estimate of drug-likeness (QED) is 0.760. The molecule has 1 amide bonds. The molecular weight excluding hydrogens is 423 g/mol. The van der Waals surface area contributed by atoms with Crippen LogP contribution in [-0.2, 0) is 14.8 Å². The van der Waals surface area contributed by atoms with Crippen LogP contribution in [0.1, 0.15) is 31.4 Å². The average molecular weight is 449 g/mol. The topological polar surface area (TPSA) is 84.9 Å². The fourth-order valence-corrected chi connectivity index (χ4v) is 5.34. The molecule has 2 aromatic carbocycles. The third-order valence-corrected chi connectivity index (χ3v) is 7.60. The average Bonchev–Trinajstić information content (AvgIpc) is 2.79. The van der Waals surface area contributed by atoms with Gasteiger partial charge in [-0.05, 0) is 49.6 Å². The number of ether oxygens (including phenoxy) is 2. The first kappa shape index (κ1) is 21.6. The lowest BCUT2D eigenvalue weighted by Crippen LogP contribution is -2.43. The number of hydrogen-bond donors (Lipinski definition) is 1. The maximum Gasteiger partial charge on any atom is 0.243 e. The molecule has 2 heterocycles. The van der Waals surface area contributed by atoms with Crippen molar-refractivity contribution in [2.45, 2.75) is 30.7 Å². The van der Waals surface area contributed by atoms with E-state index in [1.165, 1.54) is 28.6 Å². The van der Waals surface area contributed by atoms with E-state index < -0.39 is 10.0 Å². The molecule has 2 aliphatic heterocycles. The van der Waals surface area contributed by atoms with Gasteiger partial charge in [-0.2, -0.15) is 4.31 Å². The van der Waals surface area contributed by atoms with Gasteiger partial charge in [0.25, 0.3) is 0 Å². The van der Waals surface area contributed by atoms with Crippen LogP contribution >= 0.6 is 0 Å². The standard InChI is InChI=1S/C22H25FN2O5S/c1-15(16-2-4-18(23)5-3-16)24-22(26)17-8-10-25(11-9-17)31(27,28)19-6-7-20-21(14-19)30-13-12-29-20/h2-7,14-15,17H,8-13H2,1H3,(H,24,26). The fraction of sp³-hybridized carbons (Fsp3) is 0.409. The third-order valence-electron chi connectivity index (χ3n) is 5.70. The van der Waals surface area contributed by atoms with Crippen LogP contribution in [0.3, 0.4) is 0 Å². The maximum absolute atomic E-state index is 13.1. The van der Waals surface area contributed by atoms with Crippen molar-refractivity contribution in [3.63, 3.8) is 0 Å². The van der Waals surface area contributed by atoms with Gasteiger partial charge in [0, 0.05) is 25.1 Å². The first-order valence-electron chi connectivity index (χ1n) is 10.3. The number of fused-ring (bicyclic) bond motifs is 1. The summed E-state index contributed by atoms with van der Waals surface area (Å²) in [5.74, 6) is 0.254. The molecule has 31 heavy (non-hydrogen) atoms. The molecule has 2 aliphatic rings. The molecular formula is C22H25FN2O5S. The number of sulfonamides is 1. The minimum atomic E-state index is -3.68. The minimum Gasteiger partial charge on any atom is -0.486 e. The van der Waals surface area contributed by atoms with E-state index in [1.807, 2.05) is 6.92 Å². The zero-order valence-electron chi connectivity index (χ0n) is 17.2. The van der Waals surface area contributed by atoms with Gasteiger partial charge in [-0.1, -0.05) is 12.1 Å². The highest BCUT2D eigenvalue weighted by atomic mass is 32.2. The number of amides is 1. The molecule has 0 saturated carbocycles. The number of carbonyl (C=O) groups excluding carboxylic acids is 1. The van der Waals surface area contributed by atoms with Crippen LogP contribution in [0.2, 0.25) is 0 Å². The number of hydrogen-bond acceptors (Lipinski definition) is 5. The highest BCUT2D eigenvalue weighted by Crippen LogP contribution is 2.34. The van der Waals surface area contributed by atoms with Crippen molar-refractivity contribution < 1.29 is 27.1 Å². The summed E-state index contributed by atoms with van der Waals surface area (Å²) < 4.78 is 51.5. The largest absolute Gasteiger partial charge is 0.486 e. The molecule has 1 saturated heterocycles. The number of nitrogens with one attached hydrogen (secondary N) is 1. The number of rotatable bonds is 5. The van der Waals surface area contributed by atoms with Crippen LogP contribution in [-0.4, -0.2) is 44.9 Å². The summed E-state index contributed by atoms with van der Waals surface area (Å²) in [5.41, 5.74) is 0.813. The molecule has 0 radical (unpaired) electrons. The second kappa shape index (κ2) is 8.84. The van der Waals surface area contributed by atoms with Crippen LogP contribution < -0.4 is 14.8 Å². The van der Waals surface area contributed by atoms with Crippen LogP contribution in [0, 0.1) is 11.7 Å². The molecule has 0 bridgehead atoms. The SMILES string of the molecule is CC(NC(=O)C1CCN(S(=O)(=O)c2ccc3c(c2)OCCO3)CC1)c1ccc(F)cc1. The Kier molecular flexibility index (Phi) is 6.15. The Morgan fingerprint density at radius 2 is 1.71 bits per heavy atom. The summed E-state index contributed by atoms with van der Waals surface area (Å²) in [7, 11) is -3.68. The van der Waals surface area contributed by atoms with E-state index in [9.17, 15) is 17.6 Å². The zero-order chi connectivity index (χ0) is 22.0. The zero-order valence-corrected chi connectivity index (χ0v) is 18.0. The summed E-state index contributed by atoms with van der Waals surface area (Å²) in [5, 5.41) is 2.94. The van der Waals surface area contributed by atoms with Crippen LogP contribution in [0.25, 0.3) is 0 Å². The summed E-state index contributed by atoms with van der Waals surface area (Å²) in [6.45, 7) is 3.19. The van der Waals surface area contributed by atoms with Gasteiger partial charge in [0.05, 0.1) is 10.9 Å². The van der Waals surface area contributed by atoms with Crippen molar-refractivity contribution in [2.75, 3.05) is 26.3 Å². The molecule has 166 valence electrons. The van der Waals surface area contributed by atoms with Crippen molar-refractivity contribution in [3.8, 4) is 11.5 Å². The first-order valence-corrected chi connectivity index (χ1v) is 11.7. The molecule has 0 spiro atoms. The number of benzene rings is 2. The molecule has 1 atom stereocenters. The van der Waals surface area contributed by atoms with Gasteiger partial charge in [0.15, 0.2) is 11.5 Å². The van der Waals surface area contributed by atoms with E-state index in [-0.39, 0.29) is 41.7 Å². The molecule has 1 N–H and O–H groups in total. The van der Waals surface area contributed by atoms with Crippen molar-refractivity contribution in [3.05, 3.63) is 53.8 Å². The third kappa shape index (κ3) is 4.67. The molecule has 9 heteroatoms. The Balaban J connectivity index is 1.36. The molecule has 7 nitrogen and oxygen atoms in total. The molecule has 4 rings (SSSR count). The predicted octanol–water partition coefficient (Wildman–Crippen LogP) is 2.88. The van der Waals surface area contributed by atoms with E-state index in [0.29, 0.717) is 37.6 Å². The van der Waals surface area contributed by atoms with E-state index in [0.717, 1.165) is 5.56 Å². The second-order valence-corrected chi connectivity index (χ2v) is 9.70. The Bertz CT molecular complexity index is 1050. The summed E-state index contributed by atoms with van der Waals surface area (Å²) in [4.78, 5) is 12.8. The number of piperidine rings is 1. The van der Waals surface area contributed by atoms with E-state index >= 15 is 0 Å². The highest BCUT2D eigenvalue weighted by Gasteiger charge is 2.33. The van der Waals surface area contributed by atoms with Crippen molar-refractivity contribution in [1.29, 1.82) is 0 Å². The minimum absolute atomic E-state index is 0.117. The van der Waals surface area contributed by atoms with Crippen molar-refractivity contribution in [2.24, 2.45) is 5.92 Å². The molecule has 1 unspecified atom stereocenters. The number of carbonyl (C=O) groups is 1. The monoisotopic (exact) mass is 448 g/mol. The van der Waals surface area contributed by atoms with Crippen molar-refractivity contribution >= 4 is 15.9 Å². The van der Waals surface area contributed by atoms with Gasteiger partial charge >= 0.3 is 0 Å². The van der Waals surface area contributed by atoms with E-state index in [1.54, 1.807) is 18.2 Å². The van der Waals surface area contributed by atoms with Gasteiger partial charge in [0.1, 0.15) is 19.0 Å². The second-order valence-electron chi connectivity index (χ2n) is 7.77. The smallest absolute Gasteiger partial charge is 0.243 e. The lowest BCUT2D eigenvalue weighted by molar-refractivity contribution is -0.126. The Hall–Kier alpha value is -2.65. The van der Waals surface area contributed by atoms with Gasteiger partial charge in [-0.3, -0.25) is 4.79 Å². The Labute approximate surface area is 181 Å². The van der Waals surface area contributed by atoms with E-state index in [2.05, 4.69) is 5.32 Å². The Morgan fingerprint density at radius 1 is 1.06 bits per heavy atom. The highest BCUT2D eigenvalue weighted by molar-refractivity contribution is 7.89. The summed E-state index contributed by atoms with van der Waals surface area (Å²) >= 11 is 0. The van der Waals surface area contributed by atoms with Crippen LogP contribution in [0.15, 0.2) is 47.4 Å². The summed E-state index contributed by atoms with van der Waals surface area (Å²) in [6.07, 6.45) is 0.873. The molecule has 2 aromatic rings. The van der Waals surface area contributed by atoms with Gasteiger partial charge in [-0.15, -0.1) is 0 Å².